The van der Waals surface area contributed by atoms with Gasteiger partial charge in [0.15, 0.2) is 5.65 Å². The van der Waals surface area contributed by atoms with Gasteiger partial charge in [0.25, 0.3) is 0 Å². The zero-order chi connectivity index (χ0) is 26.9. The number of aromatic nitrogens is 3. The minimum absolute atomic E-state index is 0.00485. The number of ether oxygens (including phenoxy) is 1. The summed E-state index contributed by atoms with van der Waals surface area (Å²) >= 11 is 0. The summed E-state index contributed by atoms with van der Waals surface area (Å²) in [5, 5.41) is 8.07. The van der Waals surface area contributed by atoms with Crippen LogP contribution in [0.15, 0.2) is 67.1 Å². The van der Waals surface area contributed by atoms with Crippen molar-refractivity contribution >= 4 is 5.65 Å². The van der Waals surface area contributed by atoms with Gasteiger partial charge in [-0.25, -0.2) is 9.50 Å². The van der Waals surface area contributed by atoms with Gasteiger partial charge in [-0.05, 0) is 79.4 Å². The van der Waals surface area contributed by atoms with Gasteiger partial charge in [0.1, 0.15) is 11.4 Å². The highest BCUT2D eigenvalue weighted by Gasteiger charge is 2.48. The van der Waals surface area contributed by atoms with Crippen LogP contribution < -0.4 is 10.1 Å². The maximum atomic E-state index is 6.55. The van der Waals surface area contributed by atoms with E-state index in [4.69, 9.17) is 9.72 Å². The second kappa shape index (κ2) is 10.7. The fourth-order valence-electron chi connectivity index (χ4n) is 6.01. The van der Waals surface area contributed by atoms with Gasteiger partial charge in [0.05, 0.1) is 6.20 Å². The Bertz CT molecular complexity index is 1410. The zero-order valence-corrected chi connectivity index (χ0v) is 23.6. The van der Waals surface area contributed by atoms with Gasteiger partial charge in [-0.1, -0.05) is 57.2 Å². The molecule has 3 aliphatic rings. The second-order valence-electron chi connectivity index (χ2n) is 11.4. The first-order valence-corrected chi connectivity index (χ1v) is 14.8. The van der Waals surface area contributed by atoms with Crippen LogP contribution in [-0.2, 0) is 6.42 Å². The average molecular weight is 524 g/mol. The van der Waals surface area contributed by atoms with Gasteiger partial charge in [-0.2, -0.15) is 5.10 Å². The summed E-state index contributed by atoms with van der Waals surface area (Å²) < 4.78 is 8.44. The van der Waals surface area contributed by atoms with Crippen molar-refractivity contribution in [3.8, 4) is 28.0 Å². The van der Waals surface area contributed by atoms with Crippen molar-refractivity contribution in [1.82, 2.24) is 24.8 Å². The predicted molar refractivity (Wildman–Crippen MR) is 158 cm³/mol. The van der Waals surface area contributed by atoms with Gasteiger partial charge in [-0.15, -0.1) is 0 Å². The van der Waals surface area contributed by atoms with Crippen molar-refractivity contribution in [2.45, 2.75) is 58.5 Å². The van der Waals surface area contributed by atoms with Crippen LogP contribution in [0.3, 0.4) is 0 Å². The summed E-state index contributed by atoms with van der Waals surface area (Å²) in [6.07, 6.45) is 11.9. The molecule has 1 spiro atoms. The molecule has 2 saturated heterocycles. The van der Waals surface area contributed by atoms with E-state index in [1.807, 2.05) is 30.8 Å². The topological polar surface area (TPSA) is 54.7 Å². The molecular formula is C33H41N5O. The van der Waals surface area contributed by atoms with Crippen molar-refractivity contribution in [2.75, 3.05) is 32.7 Å². The van der Waals surface area contributed by atoms with Crippen LogP contribution in [0.25, 0.3) is 27.9 Å². The number of hydrogen-bond donors (Lipinski definition) is 1. The Morgan fingerprint density at radius 2 is 1.67 bits per heavy atom. The van der Waals surface area contributed by atoms with E-state index in [0.29, 0.717) is 5.41 Å². The number of rotatable bonds is 7. The number of benzene rings is 2. The number of fused-ring (bicyclic) bond motifs is 1. The van der Waals surface area contributed by atoms with E-state index < -0.39 is 0 Å². The molecule has 4 aromatic rings. The Balaban J connectivity index is 0.00000135. The molecule has 0 amide bonds. The lowest BCUT2D eigenvalue weighted by atomic mass is 9.73. The number of likely N-dealkylation sites (tertiary alicyclic amines) is 1. The Morgan fingerprint density at radius 3 is 2.33 bits per heavy atom. The van der Waals surface area contributed by atoms with Gasteiger partial charge in [0.2, 0.25) is 0 Å². The van der Waals surface area contributed by atoms with Crippen LogP contribution >= 0.6 is 0 Å². The maximum absolute atomic E-state index is 6.55. The number of nitrogens with zero attached hydrogens (tertiary/aromatic N) is 4. The van der Waals surface area contributed by atoms with E-state index >= 15 is 0 Å². The minimum atomic E-state index is 0.00485. The van der Waals surface area contributed by atoms with Gasteiger partial charge in [-0.3, -0.25) is 4.90 Å². The van der Waals surface area contributed by atoms with Crippen molar-refractivity contribution in [2.24, 2.45) is 5.41 Å². The molecule has 204 valence electrons. The molecule has 3 fully saturated rings. The van der Waals surface area contributed by atoms with E-state index in [-0.39, 0.29) is 5.60 Å². The fourth-order valence-corrected chi connectivity index (χ4v) is 6.01. The highest BCUT2D eigenvalue weighted by Crippen LogP contribution is 2.43. The monoisotopic (exact) mass is 523 g/mol. The van der Waals surface area contributed by atoms with Crippen molar-refractivity contribution in [1.29, 1.82) is 0 Å². The molecule has 0 bridgehead atoms. The molecule has 4 heterocycles. The Morgan fingerprint density at radius 1 is 0.897 bits per heavy atom. The lowest BCUT2D eigenvalue weighted by Gasteiger charge is -2.48. The standard InChI is InChI=1S/C31H35N5O.C2H6/c1-2-23-4-3-5-25(16-23)28-18-34-36-19-26(17-33-29(28)36)24-6-8-27(9-7-24)37-31(10-11-31)22-35-14-12-30(13-15-35)20-32-21-30;1-2/h3-9,16-19,32H,2,10-15,20-22H2,1H3;1-2H3. The third-order valence-corrected chi connectivity index (χ3v) is 8.76. The Kier molecular flexibility index (Phi) is 7.17. The van der Waals surface area contributed by atoms with Crippen LogP contribution in [0, 0.1) is 5.41 Å². The van der Waals surface area contributed by atoms with E-state index in [2.05, 4.69) is 77.0 Å². The lowest BCUT2D eigenvalue weighted by molar-refractivity contribution is 0.0295. The van der Waals surface area contributed by atoms with Crippen molar-refractivity contribution < 1.29 is 4.74 Å². The summed E-state index contributed by atoms with van der Waals surface area (Å²) in [6.45, 7) is 12.1. The molecule has 0 atom stereocenters. The lowest BCUT2D eigenvalue weighted by Crippen LogP contribution is -2.58. The molecule has 6 nitrogen and oxygen atoms in total. The molecule has 0 radical (unpaired) electrons. The molecular weight excluding hydrogens is 482 g/mol. The number of hydrogen-bond acceptors (Lipinski definition) is 5. The van der Waals surface area contributed by atoms with Crippen LogP contribution in [0.4, 0.5) is 0 Å². The van der Waals surface area contributed by atoms with E-state index in [1.165, 1.54) is 44.6 Å². The van der Waals surface area contributed by atoms with E-state index in [9.17, 15) is 0 Å². The summed E-state index contributed by atoms with van der Waals surface area (Å²) in [7, 11) is 0. The quantitative estimate of drug-likeness (QED) is 0.310. The molecule has 6 heteroatoms. The largest absolute Gasteiger partial charge is 0.486 e. The van der Waals surface area contributed by atoms with Crippen molar-refractivity contribution in [3.63, 3.8) is 0 Å². The summed E-state index contributed by atoms with van der Waals surface area (Å²) in [6, 6.07) is 17.1. The van der Waals surface area contributed by atoms with Crippen LogP contribution in [0.5, 0.6) is 5.75 Å². The fraction of sp³-hybridized carbons (Fsp3) is 0.455. The number of piperidine rings is 1. The third-order valence-electron chi connectivity index (χ3n) is 8.76. The molecule has 1 aliphatic carbocycles. The minimum Gasteiger partial charge on any atom is -0.486 e. The molecule has 2 aromatic heterocycles. The van der Waals surface area contributed by atoms with Crippen LogP contribution in [0.1, 0.15) is 52.0 Å². The number of aryl methyl sites for hydroxylation is 1. The smallest absolute Gasteiger partial charge is 0.162 e. The molecule has 2 aromatic carbocycles. The summed E-state index contributed by atoms with van der Waals surface area (Å²) in [5.41, 5.74) is 7.19. The molecule has 1 saturated carbocycles. The SMILES string of the molecule is CC.CCc1cccc(-c2cnn3cc(-c4ccc(OC5(CN6CCC7(CC6)CNC7)CC5)cc4)cnc23)c1. The first-order chi connectivity index (χ1) is 19.1. The predicted octanol–water partition coefficient (Wildman–Crippen LogP) is 6.25. The Labute approximate surface area is 232 Å². The summed E-state index contributed by atoms with van der Waals surface area (Å²) in [5.74, 6) is 0.962. The number of nitrogens with one attached hydrogen (secondary N) is 1. The maximum Gasteiger partial charge on any atom is 0.162 e. The summed E-state index contributed by atoms with van der Waals surface area (Å²) in [4.78, 5) is 7.41. The molecule has 1 N–H and O–H groups in total. The molecule has 39 heavy (non-hydrogen) atoms. The van der Waals surface area contributed by atoms with Gasteiger partial charge < -0.3 is 10.1 Å². The third kappa shape index (κ3) is 5.32. The molecule has 7 rings (SSSR count). The van der Waals surface area contributed by atoms with Gasteiger partial charge in [0, 0.05) is 43.2 Å². The highest BCUT2D eigenvalue weighted by molar-refractivity contribution is 5.78. The average Bonchev–Trinajstić information content (AvgIpc) is 3.59. The van der Waals surface area contributed by atoms with Crippen molar-refractivity contribution in [3.05, 3.63) is 72.7 Å². The zero-order valence-electron chi connectivity index (χ0n) is 23.6. The first-order valence-electron chi connectivity index (χ1n) is 14.8. The van der Waals surface area contributed by atoms with E-state index in [1.54, 1.807) is 0 Å². The molecule has 0 unspecified atom stereocenters. The highest BCUT2D eigenvalue weighted by atomic mass is 16.5. The second-order valence-corrected chi connectivity index (χ2v) is 11.4. The van der Waals surface area contributed by atoms with Crippen LogP contribution in [0.2, 0.25) is 0 Å². The molecule has 2 aliphatic heterocycles. The van der Waals surface area contributed by atoms with Crippen LogP contribution in [-0.4, -0.2) is 57.8 Å². The van der Waals surface area contributed by atoms with Gasteiger partial charge >= 0.3 is 0 Å². The Hall–Kier alpha value is -3.22. The normalized spacial score (nSPS) is 19.3. The first kappa shape index (κ1) is 26.0. The van der Waals surface area contributed by atoms with E-state index in [0.717, 1.165) is 59.5 Å².